The van der Waals surface area contributed by atoms with Gasteiger partial charge in [0, 0.05) is 7.05 Å². The third kappa shape index (κ3) is 3.02. The third-order valence-electron chi connectivity index (χ3n) is 2.74. The van der Waals surface area contributed by atoms with E-state index in [1.165, 1.54) is 16.3 Å². The van der Waals surface area contributed by atoms with Gasteiger partial charge in [-0.1, -0.05) is 23.9 Å². The van der Waals surface area contributed by atoms with Crippen LogP contribution in [0.25, 0.3) is 0 Å². The number of carbonyl (C=O) groups is 1. The average molecular weight is 293 g/mol. The van der Waals surface area contributed by atoms with Crippen molar-refractivity contribution in [2.24, 2.45) is 7.05 Å². The number of para-hydroxylation sites is 1. The van der Waals surface area contributed by atoms with Crippen LogP contribution in [0.4, 0.5) is 11.4 Å². The second-order valence-corrected chi connectivity index (χ2v) is 5.19. The van der Waals surface area contributed by atoms with Crippen molar-refractivity contribution >= 4 is 29.0 Å². The first-order chi connectivity index (χ1) is 9.49. The summed E-state index contributed by atoms with van der Waals surface area (Å²) in [4.78, 5) is 23.1. The molecule has 0 saturated heterocycles. The van der Waals surface area contributed by atoms with E-state index in [9.17, 15) is 9.59 Å². The molecule has 1 heterocycles. The molecule has 0 aliphatic carbocycles. The number of amides is 1. The van der Waals surface area contributed by atoms with Crippen molar-refractivity contribution in [1.29, 1.82) is 0 Å². The first-order valence-electron chi connectivity index (χ1n) is 5.88. The smallest absolute Gasteiger partial charge is 0.343 e. The topological polar surface area (TPSA) is 106 Å². The van der Waals surface area contributed by atoms with Gasteiger partial charge in [0.25, 0.3) is 0 Å². The molecule has 0 fully saturated rings. The zero-order valence-corrected chi connectivity index (χ0v) is 12.0. The molecular weight excluding hydrogens is 278 g/mol. The van der Waals surface area contributed by atoms with Gasteiger partial charge in [-0.25, -0.2) is 9.89 Å². The van der Waals surface area contributed by atoms with Crippen LogP contribution in [-0.2, 0) is 11.8 Å². The van der Waals surface area contributed by atoms with Crippen LogP contribution in [0.3, 0.4) is 0 Å². The van der Waals surface area contributed by atoms with Gasteiger partial charge in [-0.05, 0) is 18.6 Å². The SMILES string of the molecule is Cc1cccc(N)c1NC(=O)CSc1n[nH]c(=O)n1C. The van der Waals surface area contributed by atoms with E-state index in [-0.39, 0.29) is 17.3 Å². The van der Waals surface area contributed by atoms with E-state index in [4.69, 9.17) is 5.73 Å². The number of nitrogens with two attached hydrogens (primary N) is 1. The Morgan fingerprint density at radius 2 is 2.30 bits per heavy atom. The Kier molecular flexibility index (Phi) is 4.14. The number of anilines is 2. The van der Waals surface area contributed by atoms with Gasteiger partial charge in [0.15, 0.2) is 5.16 Å². The highest BCUT2D eigenvalue weighted by Crippen LogP contribution is 2.23. The lowest BCUT2D eigenvalue weighted by molar-refractivity contribution is -0.113. The van der Waals surface area contributed by atoms with Gasteiger partial charge in [0.2, 0.25) is 5.91 Å². The second-order valence-electron chi connectivity index (χ2n) is 4.25. The zero-order valence-electron chi connectivity index (χ0n) is 11.1. The van der Waals surface area contributed by atoms with Gasteiger partial charge < -0.3 is 11.1 Å². The van der Waals surface area contributed by atoms with Gasteiger partial charge >= 0.3 is 5.69 Å². The summed E-state index contributed by atoms with van der Waals surface area (Å²) >= 11 is 1.17. The summed E-state index contributed by atoms with van der Waals surface area (Å²) < 4.78 is 1.35. The molecule has 0 aliphatic rings. The molecule has 0 unspecified atom stereocenters. The monoisotopic (exact) mass is 293 g/mol. The van der Waals surface area contributed by atoms with Gasteiger partial charge in [-0.3, -0.25) is 9.36 Å². The zero-order chi connectivity index (χ0) is 14.7. The summed E-state index contributed by atoms with van der Waals surface area (Å²) in [6.07, 6.45) is 0. The van der Waals surface area contributed by atoms with Crippen LogP contribution in [0.2, 0.25) is 0 Å². The van der Waals surface area contributed by atoms with Gasteiger partial charge in [0.05, 0.1) is 17.1 Å². The van der Waals surface area contributed by atoms with Crippen LogP contribution in [0.15, 0.2) is 28.2 Å². The number of nitrogens with one attached hydrogen (secondary N) is 2. The molecule has 0 saturated carbocycles. The molecule has 7 nitrogen and oxygen atoms in total. The van der Waals surface area contributed by atoms with E-state index in [0.717, 1.165) is 5.56 Å². The minimum Gasteiger partial charge on any atom is -0.397 e. The molecule has 0 spiro atoms. The molecule has 20 heavy (non-hydrogen) atoms. The highest BCUT2D eigenvalue weighted by atomic mass is 32.2. The van der Waals surface area contributed by atoms with Crippen LogP contribution in [0, 0.1) is 6.92 Å². The van der Waals surface area contributed by atoms with Crippen molar-refractivity contribution in [1.82, 2.24) is 14.8 Å². The minimum atomic E-state index is -0.309. The van der Waals surface area contributed by atoms with Crippen molar-refractivity contribution in [2.75, 3.05) is 16.8 Å². The molecule has 2 aromatic rings. The number of nitrogen functional groups attached to an aromatic ring is 1. The first kappa shape index (κ1) is 14.2. The molecule has 0 atom stereocenters. The molecule has 0 radical (unpaired) electrons. The molecule has 4 N–H and O–H groups in total. The lowest BCUT2D eigenvalue weighted by Crippen LogP contribution is -2.17. The van der Waals surface area contributed by atoms with Crippen LogP contribution >= 0.6 is 11.8 Å². The summed E-state index contributed by atoms with van der Waals surface area (Å²) in [6.45, 7) is 1.87. The number of carbonyl (C=O) groups excluding carboxylic acids is 1. The fourth-order valence-electron chi connectivity index (χ4n) is 1.63. The largest absolute Gasteiger partial charge is 0.397 e. The van der Waals surface area contributed by atoms with Gasteiger partial charge in [-0.2, -0.15) is 0 Å². The van der Waals surface area contributed by atoms with Crippen LogP contribution in [-0.4, -0.2) is 26.4 Å². The van der Waals surface area contributed by atoms with Crippen LogP contribution in [0.1, 0.15) is 5.56 Å². The lowest BCUT2D eigenvalue weighted by Gasteiger charge is -2.10. The summed E-state index contributed by atoms with van der Waals surface area (Å²) in [5, 5.41) is 9.35. The van der Waals surface area contributed by atoms with E-state index in [0.29, 0.717) is 16.5 Å². The fourth-order valence-corrected chi connectivity index (χ4v) is 2.35. The lowest BCUT2D eigenvalue weighted by atomic mass is 10.1. The Labute approximate surface area is 119 Å². The number of aromatic nitrogens is 3. The van der Waals surface area contributed by atoms with E-state index in [1.807, 2.05) is 19.1 Å². The molecule has 0 bridgehead atoms. The van der Waals surface area contributed by atoms with Crippen molar-refractivity contribution < 1.29 is 4.79 Å². The Morgan fingerprint density at radius 3 is 2.90 bits per heavy atom. The maximum atomic E-state index is 11.9. The number of nitrogens with zero attached hydrogens (tertiary/aromatic N) is 2. The van der Waals surface area contributed by atoms with Crippen molar-refractivity contribution in [3.8, 4) is 0 Å². The van der Waals surface area contributed by atoms with Gasteiger partial charge in [-0.15, -0.1) is 5.10 Å². The summed E-state index contributed by atoms with van der Waals surface area (Å²) in [5.74, 6) is -0.0576. The van der Waals surface area contributed by atoms with E-state index in [1.54, 1.807) is 13.1 Å². The summed E-state index contributed by atoms with van der Waals surface area (Å²) in [5.41, 5.74) is 7.55. The predicted octanol–water partition coefficient (Wildman–Crippen LogP) is 0.730. The Morgan fingerprint density at radius 1 is 1.55 bits per heavy atom. The number of rotatable bonds is 4. The van der Waals surface area contributed by atoms with E-state index < -0.39 is 0 Å². The normalized spacial score (nSPS) is 10.5. The maximum absolute atomic E-state index is 11.9. The number of H-pyrrole nitrogens is 1. The second kappa shape index (κ2) is 5.83. The molecule has 0 aliphatic heterocycles. The molecule has 2 rings (SSSR count). The number of benzene rings is 1. The van der Waals surface area contributed by atoms with Crippen LogP contribution < -0.4 is 16.7 Å². The quantitative estimate of drug-likeness (QED) is 0.569. The number of hydrogen-bond donors (Lipinski definition) is 3. The van der Waals surface area contributed by atoms with Crippen molar-refractivity contribution in [3.63, 3.8) is 0 Å². The highest BCUT2D eigenvalue weighted by Gasteiger charge is 2.11. The number of aromatic amines is 1. The average Bonchev–Trinajstić information content (AvgIpc) is 2.72. The molecular formula is C12H15N5O2S. The fraction of sp³-hybridized carbons (Fsp3) is 0.250. The number of hydrogen-bond acceptors (Lipinski definition) is 5. The molecule has 106 valence electrons. The van der Waals surface area contributed by atoms with E-state index in [2.05, 4.69) is 15.5 Å². The highest BCUT2D eigenvalue weighted by molar-refractivity contribution is 7.99. The maximum Gasteiger partial charge on any atom is 0.343 e. The summed E-state index contributed by atoms with van der Waals surface area (Å²) in [6, 6.07) is 5.43. The number of thioether (sulfide) groups is 1. The van der Waals surface area contributed by atoms with Gasteiger partial charge in [0.1, 0.15) is 0 Å². The Balaban J connectivity index is 2.00. The Bertz CT molecular complexity index is 671. The Hall–Kier alpha value is -2.22. The van der Waals surface area contributed by atoms with E-state index >= 15 is 0 Å². The first-order valence-corrected chi connectivity index (χ1v) is 6.86. The third-order valence-corrected chi connectivity index (χ3v) is 3.77. The number of aryl methyl sites for hydroxylation is 1. The molecule has 1 aromatic carbocycles. The molecule has 1 aromatic heterocycles. The van der Waals surface area contributed by atoms with Crippen LogP contribution in [0.5, 0.6) is 0 Å². The van der Waals surface area contributed by atoms with Crippen molar-refractivity contribution in [2.45, 2.75) is 12.1 Å². The molecule has 1 amide bonds. The predicted molar refractivity (Wildman–Crippen MR) is 78.8 cm³/mol. The van der Waals surface area contributed by atoms with Crippen molar-refractivity contribution in [3.05, 3.63) is 34.2 Å². The summed E-state index contributed by atoms with van der Waals surface area (Å²) in [7, 11) is 1.59. The standard InChI is InChI=1S/C12H15N5O2S/c1-7-4-3-5-8(13)10(7)14-9(18)6-20-12-16-15-11(19)17(12)2/h3-5H,6,13H2,1-2H3,(H,14,18)(H,15,19). The minimum absolute atomic E-state index is 0.145. The molecule has 8 heteroatoms.